The summed E-state index contributed by atoms with van der Waals surface area (Å²) in [6, 6.07) is 14.0. The molecule has 0 radical (unpaired) electrons. The molecule has 7 heteroatoms. The maximum absolute atomic E-state index is 12.2. The van der Waals surface area contributed by atoms with Crippen LogP contribution in [0.25, 0.3) is 0 Å². The highest BCUT2D eigenvalue weighted by Crippen LogP contribution is 2.25. The van der Waals surface area contributed by atoms with E-state index in [0.29, 0.717) is 22.3 Å². The van der Waals surface area contributed by atoms with Gasteiger partial charge >= 0.3 is 0 Å². The summed E-state index contributed by atoms with van der Waals surface area (Å²) >= 11 is 11.7. The van der Waals surface area contributed by atoms with Crippen molar-refractivity contribution in [3.8, 4) is 11.8 Å². The van der Waals surface area contributed by atoms with E-state index in [0.717, 1.165) is 11.3 Å². The van der Waals surface area contributed by atoms with E-state index in [9.17, 15) is 10.1 Å². The summed E-state index contributed by atoms with van der Waals surface area (Å²) in [7, 11) is 1.58. The number of halogens is 2. The Hall–Kier alpha value is -2.68. The number of amides is 1. The monoisotopic (exact) mass is 375 g/mol. The Morgan fingerprint density at radius 3 is 2.68 bits per heavy atom. The minimum absolute atomic E-state index is 0.0685. The second-order valence-electron chi connectivity index (χ2n) is 4.95. The summed E-state index contributed by atoms with van der Waals surface area (Å²) in [5, 5.41) is 15.4. The lowest BCUT2D eigenvalue weighted by atomic mass is 10.2. The number of hydrogen-bond donors (Lipinski definition) is 2. The molecule has 0 spiro atoms. The Labute approximate surface area is 155 Å². The van der Waals surface area contributed by atoms with E-state index in [1.54, 1.807) is 19.2 Å². The van der Waals surface area contributed by atoms with Crippen LogP contribution in [0, 0.1) is 11.3 Å². The van der Waals surface area contributed by atoms with Crippen LogP contribution in [0.2, 0.25) is 10.0 Å². The summed E-state index contributed by atoms with van der Waals surface area (Å²) in [6.07, 6.45) is 1.36. The van der Waals surface area contributed by atoms with Gasteiger partial charge in [-0.15, -0.1) is 0 Å². The molecule has 0 aliphatic carbocycles. The van der Waals surface area contributed by atoms with Gasteiger partial charge in [0.15, 0.2) is 0 Å². The molecule has 2 rings (SSSR count). The zero-order valence-corrected chi connectivity index (χ0v) is 14.9. The SMILES string of the molecule is COc1ccccc1CN/C=C(/C#N)C(=O)Nc1ccc(Cl)c(Cl)c1. The number of anilines is 1. The van der Waals surface area contributed by atoms with Crippen LogP contribution in [-0.4, -0.2) is 13.0 Å². The van der Waals surface area contributed by atoms with Gasteiger partial charge in [-0.1, -0.05) is 41.4 Å². The number of carbonyl (C=O) groups is 1. The van der Waals surface area contributed by atoms with Gasteiger partial charge in [-0.25, -0.2) is 0 Å². The van der Waals surface area contributed by atoms with E-state index in [1.807, 2.05) is 30.3 Å². The van der Waals surface area contributed by atoms with Crippen LogP contribution in [-0.2, 0) is 11.3 Å². The molecule has 1 amide bonds. The Balaban J connectivity index is 2.02. The number of benzene rings is 2. The summed E-state index contributed by atoms with van der Waals surface area (Å²) in [5.41, 5.74) is 1.29. The first-order valence-electron chi connectivity index (χ1n) is 7.27. The molecule has 25 heavy (non-hydrogen) atoms. The number of nitrogens with zero attached hydrogens (tertiary/aromatic N) is 1. The Morgan fingerprint density at radius 2 is 2.00 bits per heavy atom. The van der Waals surface area contributed by atoms with Crippen LogP contribution in [0.1, 0.15) is 5.56 Å². The lowest BCUT2D eigenvalue weighted by Gasteiger charge is -2.09. The first-order chi connectivity index (χ1) is 12.0. The average Bonchev–Trinajstić information content (AvgIpc) is 2.62. The van der Waals surface area contributed by atoms with Gasteiger partial charge in [0.2, 0.25) is 0 Å². The van der Waals surface area contributed by atoms with Crippen molar-refractivity contribution in [3.63, 3.8) is 0 Å². The van der Waals surface area contributed by atoms with Crippen molar-refractivity contribution in [1.82, 2.24) is 5.32 Å². The fraction of sp³-hybridized carbons (Fsp3) is 0.111. The summed E-state index contributed by atoms with van der Waals surface area (Å²) < 4.78 is 5.25. The molecule has 128 valence electrons. The maximum atomic E-state index is 12.2. The van der Waals surface area contributed by atoms with Crippen LogP contribution in [0.15, 0.2) is 54.2 Å². The number of hydrogen-bond acceptors (Lipinski definition) is 4. The van der Waals surface area contributed by atoms with Crippen molar-refractivity contribution < 1.29 is 9.53 Å². The second-order valence-corrected chi connectivity index (χ2v) is 5.76. The smallest absolute Gasteiger partial charge is 0.267 e. The van der Waals surface area contributed by atoms with Crippen molar-refractivity contribution in [2.24, 2.45) is 0 Å². The van der Waals surface area contributed by atoms with Crippen molar-refractivity contribution in [1.29, 1.82) is 5.26 Å². The minimum atomic E-state index is -0.548. The zero-order chi connectivity index (χ0) is 18.2. The highest BCUT2D eigenvalue weighted by Gasteiger charge is 2.10. The molecule has 0 aliphatic heterocycles. The van der Waals surface area contributed by atoms with Gasteiger partial charge in [-0.05, 0) is 24.3 Å². The molecule has 2 aromatic carbocycles. The van der Waals surface area contributed by atoms with Crippen LogP contribution in [0.4, 0.5) is 5.69 Å². The molecule has 0 heterocycles. The van der Waals surface area contributed by atoms with E-state index in [-0.39, 0.29) is 5.57 Å². The standard InChI is InChI=1S/C18H15Cl2N3O2/c1-25-17-5-3-2-4-12(17)10-22-11-13(9-21)18(24)23-14-6-7-15(19)16(20)8-14/h2-8,11,22H,10H2,1H3,(H,23,24)/b13-11-. The molecule has 0 saturated carbocycles. The Bertz CT molecular complexity index is 844. The third-order valence-electron chi connectivity index (χ3n) is 3.27. The Morgan fingerprint density at radius 1 is 1.24 bits per heavy atom. The molecule has 0 unspecified atom stereocenters. The summed E-state index contributed by atoms with van der Waals surface area (Å²) in [4.78, 5) is 12.2. The van der Waals surface area contributed by atoms with E-state index in [4.69, 9.17) is 27.9 Å². The van der Waals surface area contributed by atoms with Crippen molar-refractivity contribution in [2.75, 3.05) is 12.4 Å². The normalized spacial score (nSPS) is 10.7. The molecule has 0 bridgehead atoms. The predicted octanol–water partition coefficient (Wildman–Crippen LogP) is 4.14. The lowest BCUT2D eigenvalue weighted by molar-refractivity contribution is -0.112. The number of carbonyl (C=O) groups excluding carboxylic acids is 1. The number of nitrogens with one attached hydrogen (secondary N) is 2. The van der Waals surface area contributed by atoms with Crippen LogP contribution >= 0.6 is 23.2 Å². The van der Waals surface area contributed by atoms with Gasteiger partial charge in [0.1, 0.15) is 17.4 Å². The molecular weight excluding hydrogens is 361 g/mol. The number of nitriles is 1. The van der Waals surface area contributed by atoms with Crippen molar-refractivity contribution in [3.05, 3.63) is 69.8 Å². The molecule has 0 aromatic heterocycles. The zero-order valence-electron chi connectivity index (χ0n) is 13.3. The van der Waals surface area contributed by atoms with Gasteiger partial charge in [-0.2, -0.15) is 5.26 Å². The molecule has 0 saturated heterocycles. The number of ether oxygens (including phenoxy) is 1. The van der Waals surface area contributed by atoms with Gasteiger partial charge in [0, 0.05) is 24.0 Å². The third-order valence-corrected chi connectivity index (χ3v) is 4.01. The molecule has 2 aromatic rings. The van der Waals surface area contributed by atoms with Gasteiger partial charge in [-0.3, -0.25) is 4.79 Å². The lowest BCUT2D eigenvalue weighted by Crippen LogP contribution is -2.16. The third kappa shape index (κ3) is 5.15. The van der Waals surface area contributed by atoms with Crippen molar-refractivity contribution in [2.45, 2.75) is 6.54 Å². The second kappa shape index (κ2) is 8.97. The molecule has 2 N–H and O–H groups in total. The van der Waals surface area contributed by atoms with Gasteiger partial charge in [0.25, 0.3) is 5.91 Å². The van der Waals surface area contributed by atoms with Gasteiger partial charge in [0.05, 0.1) is 17.2 Å². The largest absolute Gasteiger partial charge is 0.496 e. The fourth-order valence-corrected chi connectivity index (χ4v) is 2.33. The first kappa shape index (κ1) is 18.7. The van der Waals surface area contributed by atoms with Gasteiger partial charge < -0.3 is 15.4 Å². The van der Waals surface area contributed by atoms with Crippen molar-refractivity contribution >= 4 is 34.8 Å². The maximum Gasteiger partial charge on any atom is 0.267 e. The predicted molar refractivity (Wildman–Crippen MR) is 98.6 cm³/mol. The molecular formula is C18H15Cl2N3O2. The Kier molecular flexibility index (Phi) is 6.70. The van der Waals surface area contributed by atoms with Crippen LogP contribution in [0.5, 0.6) is 5.75 Å². The van der Waals surface area contributed by atoms with E-state index < -0.39 is 5.91 Å². The topological polar surface area (TPSA) is 74.1 Å². The summed E-state index contributed by atoms with van der Waals surface area (Å²) in [5.74, 6) is 0.176. The van der Waals surface area contributed by atoms with E-state index >= 15 is 0 Å². The van der Waals surface area contributed by atoms with Crippen LogP contribution in [0.3, 0.4) is 0 Å². The van der Waals surface area contributed by atoms with Crippen LogP contribution < -0.4 is 15.4 Å². The minimum Gasteiger partial charge on any atom is -0.496 e. The number of para-hydroxylation sites is 1. The first-order valence-corrected chi connectivity index (χ1v) is 8.02. The van der Waals surface area contributed by atoms with E-state index in [2.05, 4.69) is 10.6 Å². The molecule has 5 nitrogen and oxygen atoms in total. The fourth-order valence-electron chi connectivity index (χ4n) is 2.03. The quantitative estimate of drug-likeness (QED) is 0.587. The molecule has 0 aliphatic rings. The average molecular weight is 376 g/mol. The van der Waals surface area contributed by atoms with E-state index in [1.165, 1.54) is 12.3 Å². The number of methoxy groups -OCH3 is 1. The highest BCUT2D eigenvalue weighted by molar-refractivity contribution is 6.42. The number of rotatable bonds is 6. The molecule has 0 atom stereocenters. The highest BCUT2D eigenvalue weighted by atomic mass is 35.5. The molecule has 0 fully saturated rings. The summed E-state index contributed by atoms with van der Waals surface area (Å²) in [6.45, 7) is 0.412.